The van der Waals surface area contributed by atoms with Crippen molar-refractivity contribution in [3.63, 3.8) is 0 Å². The lowest BCUT2D eigenvalue weighted by Gasteiger charge is -2.35. The van der Waals surface area contributed by atoms with E-state index in [9.17, 15) is 18.4 Å². The lowest BCUT2D eigenvalue weighted by Crippen LogP contribution is -2.35. The summed E-state index contributed by atoms with van der Waals surface area (Å²) < 4.78 is 37.8. The Kier molecular flexibility index (Phi) is 9.98. The number of aromatic nitrogens is 1. The van der Waals surface area contributed by atoms with Gasteiger partial charge >= 0.3 is 12.1 Å². The maximum atomic E-state index is 10.6. The molecule has 0 aliphatic carbocycles. The molecule has 0 saturated carbocycles. The molecule has 0 unspecified atom stereocenters. The number of benzene rings is 1. The second kappa shape index (κ2) is 12.3. The second-order valence-corrected chi connectivity index (χ2v) is 9.55. The van der Waals surface area contributed by atoms with E-state index >= 15 is 0 Å². The Morgan fingerprint density at radius 3 is 2.34 bits per heavy atom. The monoisotopic (exact) mass is 509 g/mol. The van der Waals surface area contributed by atoms with Gasteiger partial charge in [-0.3, -0.25) is 0 Å². The highest BCUT2D eigenvalue weighted by Crippen LogP contribution is 2.38. The largest absolute Gasteiger partial charge is 0.490 e. The summed E-state index contributed by atoms with van der Waals surface area (Å²) in [6, 6.07) is 12.9. The number of thioether (sulfide) groups is 1. The molecular formula is C25H30F3N3O3S. The maximum Gasteiger partial charge on any atom is 0.490 e. The van der Waals surface area contributed by atoms with Crippen LogP contribution in [0.25, 0.3) is 0 Å². The van der Waals surface area contributed by atoms with Crippen LogP contribution in [0, 0.1) is 11.3 Å². The molecule has 0 amide bonds. The number of carbonyl (C=O) groups is 1. The number of hydrogen-bond donors (Lipinski definition) is 1. The average Bonchev–Trinajstić information content (AvgIpc) is 2.79. The topological polar surface area (TPSA) is 86.5 Å². The van der Waals surface area contributed by atoms with Gasteiger partial charge in [0, 0.05) is 30.8 Å². The van der Waals surface area contributed by atoms with Crippen molar-refractivity contribution in [2.75, 3.05) is 23.7 Å². The number of hydrogen-bond acceptors (Lipinski definition) is 6. The molecular weight excluding hydrogens is 479 g/mol. The van der Waals surface area contributed by atoms with Crippen molar-refractivity contribution in [1.82, 2.24) is 4.98 Å². The number of anilines is 1. The Morgan fingerprint density at radius 2 is 1.83 bits per heavy atom. The molecule has 1 N–H and O–H groups in total. The molecule has 35 heavy (non-hydrogen) atoms. The van der Waals surface area contributed by atoms with Gasteiger partial charge in [0.2, 0.25) is 0 Å². The lowest BCUT2D eigenvalue weighted by molar-refractivity contribution is -0.192. The molecule has 0 radical (unpaired) electrons. The third-order valence-corrected chi connectivity index (χ3v) is 6.43. The van der Waals surface area contributed by atoms with E-state index in [1.165, 1.54) is 5.56 Å². The number of nitriles is 1. The number of fused-ring (bicyclic) bond motifs is 1. The fourth-order valence-corrected chi connectivity index (χ4v) is 4.64. The first-order chi connectivity index (χ1) is 16.4. The van der Waals surface area contributed by atoms with Gasteiger partial charge in [0.1, 0.15) is 16.9 Å². The summed E-state index contributed by atoms with van der Waals surface area (Å²) in [5.74, 6) is -0.869. The van der Waals surface area contributed by atoms with Crippen LogP contribution < -0.4 is 4.90 Å². The van der Waals surface area contributed by atoms with Crippen molar-refractivity contribution in [2.24, 2.45) is 0 Å². The third kappa shape index (κ3) is 7.87. The highest BCUT2D eigenvalue weighted by Gasteiger charge is 2.38. The quantitative estimate of drug-likeness (QED) is 0.485. The van der Waals surface area contributed by atoms with Gasteiger partial charge in [-0.15, -0.1) is 11.8 Å². The number of alkyl halides is 3. The number of halogens is 3. The van der Waals surface area contributed by atoms with E-state index in [1.807, 2.05) is 6.07 Å². The van der Waals surface area contributed by atoms with Crippen LogP contribution in [0.3, 0.4) is 0 Å². The Bertz CT molecular complexity index is 1050. The van der Waals surface area contributed by atoms with E-state index in [4.69, 9.17) is 19.6 Å². The molecule has 1 aromatic heterocycles. The number of aryl methyl sites for hydroxylation is 1. The molecule has 3 rings (SSSR count). The first-order valence-corrected chi connectivity index (χ1v) is 12.2. The van der Waals surface area contributed by atoms with Crippen LogP contribution in [-0.4, -0.2) is 46.7 Å². The first kappa shape index (κ1) is 28.5. The van der Waals surface area contributed by atoms with Gasteiger partial charge in [0.15, 0.2) is 0 Å². The number of carboxylic acids is 1. The number of aliphatic carboxylic acids is 1. The smallest absolute Gasteiger partial charge is 0.475 e. The third-order valence-electron chi connectivity index (χ3n) is 5.46. The Labute approximate surface area is 208 Å². The van der Waals surface area contributed by atoms with Crippen molar-refractivity contribution in [2.45, 2.75) is 63.9 Å². The van der Waals surface area contributed by atoms with Crippen LogP contribution >= 0.6 is 11.8 Å². The predicted octanol–water partition coefficient (Wildman–Crippen LogP) is 5.62. The minimum absolute atomic E-state index is 0.257. The Balaban J connectivity index is 0.000000540. The van der Waals surface area contributed by atoms with Crippen molar-refractivity contribution in [3.05, 3.63) is 52.6 Å². The number of pyridine rings is 1. The predicted molar refractivity (Wildman–Crippen MR) is 130 cm³/mol. The van der Waals surface area contributed by atoms with Crippen LogP contribution in [0.5, 0.6) is 0 Å². The maximum absolute atomic E-state index is 10.6. The number of nitrogens with zero attached hydrogens (tertiary/aromatic N) is 3. The summed E-state index contributed by atoms with van der Waals surface area (Å²) in [6.45, 7) is 10.8. The summed E-state index contributed by atoms with van der Waals surface area (Å²) in [6.07, 6.45) is -3.38. The molecule has 10 heteroatoms. The van der Waals surface area contributed by atoms with E-state index in [0.717, 1.165) is 59.2 Å². The average molecular weight is 510 g/mol. The van der Waals surface area contributed by atoms with Crippen molar-refractivity contribution < 1.29 is 27.8 Å². The van der Waals surface area contributed by atoms with Gasteiger partial charge in [0.05, 0.1) is 17.8 Å². The Morgan fingerprint density at radius 1 is 1.23 bits per heavy atom. The molecule has 2 aromatic rings. The highest BCUT2D eigenvalue weighted by molar-refractivity contribution is 7.99. The fraction of sp³-hybridized carbons (Fsp3) is 0.480. The van der Waals surface area contributed by atoms with Crippen molar-refractivity contribution in [1.29, 1.82) is 5.26 Å². The summed E-state index contributed by atoms with van der Waals surface area (Å²) in [4.78, 5) is 16.1. The Hall–Kier alpha value is -2.77. The van der Waals surface area contributed by atoms with Crippen molar-refractivity contribution >= 4 is 23.5 Å². The normalized spacial score (nSPS) is 14.2. The molecule has 6 nitrogen and oxygen atoms in total. The molecule has 0 spiro atoms. The number of ether oxygens (including phenoxy) is 1. The van der Waals surface area contributed by atoms with Gasteiger partial charge < -0.3 is 14.7 Å². The minimum Gasteiger partial charge on any atom is -0.475 e. The van der Waals surface area contributed by atoms with Gasteiger partial charge in [-0.1, -0.05) is 30.3 Å². The zero-order valence-corrected chi connectivity index (χ0v) is 21.1. The number of rotatable bonds is 7. The lowest BCUT2D eigenvalue weighted by atomic mass is 9.89. The van der Waals surface area contributed by atoms with E-state index in [-0.39, 0.29) is 5.60 Å². The van der Waals surface area contributed by atoms with Crippen LogP contribution in [0.2, 0.25) is 0 Å². The molecule has 1 aromatic carbocycles. The zero-order valence-electron chi connectivity index (χ0n) is 20.3. The first-order valence-electron chi connectivity index (χ1n) is 11.2. The second-order valence-electron chi connectivity index (χ2n) is 8.47. The van der Waals surface area contributed by atoms with Gasteiger partial charge in [-0.05, 0) is 45.2 Å². The molecule has 0 bridgehead atoms. The van der Waals surface area contributed by atoms with Crippen LogP contribution in [-0.2, 0) is 29.0 Å². The minimum atomic E-state index is -5.08. The zero-order chi connectivity index (χ0) is 26.2. The van der Waals surface area contributed by atoms with Crippen molar-refractivity contribution in [3.8, 4) is 6.07 Å². The van der Waals surface area contributed by atoms with Crippen LogP contribution in [0.15, 0.2) is 35.4 Å². The van der Waals surface area contributed by atoms with E-state index < -0.39 is 12.1 Å². The fourth-order valence-electron chi connectivity index (χ4n) is 3.64. The molecule has 2 heterocycles. The van der Waals surface area contributed by atoms with E-state index in [2.05, 4.69) is 62.9 Å². The summed E-state index contributed by atoms with van der Waals surface area (Å²) in [5.41, 5.74) is 4.00. The molecule has 1 aliphatic heterocycles. The number of carboxylic acid groups (broad SMARTS) is 1. The van der Waals surface area contributed by atoms with E-state index in [1.54, 1.807) is 11.8 Å². The molecule has 0 atom stereocenters. The molecule has 190 valence electrons. The molecule has 0 fully saturated rings. The van der Waals surface area contributed by atoms with Crippen LogP contribution in [0.4, 0.5) is 19.0 Å². The van der Waals surface area contributed by atoms with Gasteiger partial charge in [0.25, 0.3) is 0 Å². The molecule has 0 saturated heterocycles. The van der Waals surface area contributed by atoms with Gasteiger partial charge in [-0.25, -0.2) is 9.78 Å². The SMILES string of the molecule is CCN(CC)c1nc(SCCc2ccccc2)c(C#N)c2c1COC(C)(C)C2.O=C(O)C(F)(F)F. The summed E-state index contributed by atoms with van der Waals surface area (Å²) in [5, 5.41) is 17.9. The summed E-state index contributed by atoms with van der Waals surface area (Å²) >= 11 is 1.69. The highest BCUT2D eigenvalue weighted by atomic mass is 32.2. The molecule has 1 aliphatic rings. The van der Waals surface area contributed by atoms with Crippen LogP contribution in [0.1, 0.15) is 49.9 Å². The van der Waals surface area contributed by atoms with E-state index in [0.29, 0.717) is 6.61 Å². The summed E-state index contributed by atoms with van der Waals surface area (Å²) in [7, 11) is 0. The standard InChI is InChI=1S/C23H29N3OS.C2HF3O2/c1-5-26(6-2)21-20-16-27-23(3,4)14-18(20)19(15-24)22(25-21)28-13-12-17-10-8-7-9-11-17;3-2(4,5)1(6)7/h7-11H,5-6,12-14,16H2,1-4H3;(H,6,7). The van der Waals surface area contributed by atoms with Gasteiger partial charge in [-0.2, -0.15) is 18.4 Å².